The molecule has 5 rings (SSSR count). The highest BCUT2D eigenvalue weighted by Crippen LogP contribution is 2.37. The summed E-state index contributed by atoms with van der Waals surface area (Å²) in [6.45, 7) is 1.77. The number of alkyl halides is 1. The van der Waals surface area contributed by atoms with E-state index in [2.05, 4.69) is 30.7 Å². The van der Waals surface area contributed by atoms with Crippen LogP contribution in [0.3, 0.4) is 0 Å². The number of sulfonamides is 1. The summed E-state index contributed by atoms with van der Waals surface area (Å²) in [6, 6.07) is 6.97. The Labute approximate surface area is 206 Å². The molecule has 1 fully saturated rings. The summed E-state index contributed by atoms with van der Waals surface area (Å²) in [5.41, 5.74) is 3.93. The van der Waals surface area contributed by atoms with Crippen LogP contribution in [-0.4, -0.2) is 58.5 Å². The summed E-state index contributed by atoms with van der Waals surface area (Å²) in [5.74, 6) is -0.273. The van der Waals surface area contributed by atoms with E-state index in [4.69, 9.17) is 0 Å². The molecule has 0 aliphatic heterocycles. The molecule has 0 radical (unpaired) electrons. The first kappa shape index (κ1) is 23.7. The van der Waals surface area contributed by atoms with Crippen LogP contribution in [0.5, 0.6) is 0 Å². The van der Waals surface area contributed by atoms with Gasteiger partial charge in [-0.15, -0.1) is 0 Å². The average molecular weight is 513 g/mol. The maximum Gasteiger partial charge on any atom is 0.232 e. The molecule has 11 nitrogen and oxygen atoms in total. The topological polar surface area (TPSA) is 138 Å². The number of imidazole rings is 1. The maximum atomic E-state index is 13.4. The summed E-state index contributed by atoms with van der Waals surface area (Å²) in [4.78, 5) is 24.2. The smallest absolute Gasteiger partial charge is 0.232 e. The van der Waals surface area contributed by atoms with Crippen molar-refractivity contribution >= 4 is 50.0 Å². The van der Waals surface area contributed by atoms with Crippen LogP contribution in [0.2, 0.25) is 0 Å². The summed E-state index contributed by atoms with van der Waals surface area (Å²) in [5, 5.41) is 10.1. The highest BCUT2D eigenvalue weighted by atomic mass is 32.2. The van der Waals surface area contributed by atoms with E-state index in [9.17, 15) is 17.6 Å². The number of aromatic amines is 1. The predicted molar refractivity (Wildman–Crippen MR) is 135 cm³/mol. The number of aryl methyl sites for hydroxylation is 2. The number of hydrogen-bond donors (Lipinski definition) is 3. The van der Waals surface area contributed by atoms with Crippen molar-refractivity contribution in [2.75, 3.05) is 28.2 Å². The summed E-state index contributed by atoms with van der Waals surface area (Å²) in [6.07, 6.45) is 3.73. The first-order chi connectivity index (χ1) is 17.0. The van der Waals surface area contributed by atoms with Gasteiger partial charge in [-0.1, -0.05) is 6.07 Å². The number of nitrogens with one attached hydrogen (secondary N) is 3. The molecule has 0 spiro atoms. The van der Waals surface area contributed by atoms with Gasteiger partial charge in [0.05, 0.1) is 35.4 Å². The number of hydrogen-bond acceptors (Lipinski definition) is 7. The zero-order valence-electron chi connectivity index (χ0n) is 20.1. The molecule has 1 saturated carbocycles. The number of rotatable bonds is 7. The molecule has 0 bridgehead atoms. The van der Waals surface area contributed by atoms with E-state index in [1.54, 1.807) is 43.0 Å². The van der Waals surface area contributed by atoms with Gasteiger partial charge in [-0.05, 0) is 31.0 Å². The quantitative estimate of drug-likeness (QED) is 0.346. The third-order valence-corrected chi connectivity index (χ3v) is 7.21. The second kappa shape index (κ2) is 8.59. The first-order valence-electron chi connectivity index (χ1n) is 11.2. The van der Waals surface area contributed by atoms with Gasteiger partial charge in [0.2, 0.25) is 15.9 Å². The van der Waals surface area contributed by atoms with Crippen LogP contribution in [0.1, 0.15) is 12.2 Å². The Balaban J connectivity index is 1.57. The number of aromatic nitrogens is 5. The van der Waals surface area contributed by atoms with Crippen LogP contribution in [0.15, 0.2) is 36.7 Å². The lowest BCUT2D eigenvalue weighted by molar-refractivity contribution is -0.117. The van der Waals surface area contributed by atoms with Crippen molar-refractivity contribution in [2.24, 2.45) is 13.0 Å². The van der Waals surface area contributed by atoms with Crippen LogP contribution >= 0.6 is 0 Å². The molecule has 1 aliphatic carbocycles. The summed E-state index contributed by atoms with van der Waals surface area (Å²) < 4.78 is 41.1. The maximum absolute atomic E-state index is 13.4. The van der Waals surface area contributed by atoms with Gasteiger partial charge in [0.15, 0.2) is 5.65 Å². The number of amides is 1. The van der Waals surface area contributed by atoms with Crippen LogP contribution in [-0.2, 0) is 21.9 Å². The minimum atomic E-state index is -3.59. The molecule has 3 aromatic heterocycles. The number of anilines is 4. The van der Waals surface area contributed by atoms with E-state index in [1.807, 2.05) is 12.3 Å². The molecule has 3 N–H and O–H groups in total. The van der Waals surface area contributed by atoms with Crippen molar-refractivity contribution in [3.8, 4) is 11.1 Å². The highest BCUT2D eigenvalue weighted by Gasteiger charge is 2.43. The number of nitrogens with zero attached hydrogens (tertiary/aromatic N) is 5. The molecule has 36 heavy (non-hydrogen) atoms. The van der Waals surface area contributed by atoms with Gasteiger partial charge in [-0.25, -0.2) is 22.8 Å². The molecule has 1 amide bonds. The lowest BCUT2D eigenvalue weighted by Crippen LogP contribution is -2.25. The number of halogens is 1. The van der Waals surface area contributed by atoms with Gasteiger partial charge in [0, 0.05) is 31.9 Å². The molecular weight excluding hydrogens is 487 g/mol. The lowest BCUT2D eigenvalue weighted by atomic mass is 10.1. The Bertz CT molecular complexity index is 1600. The summed E-state index contributed by atoms with van der Waals surface area (Å²) >= 11 is 0. The van der Waals surface area contributed by atoms with Crippen molar-refractivity contribution in [3.05, 3.63) is 42.5 Å². The lowest BCUT2D eigenvalue weighted by Gasteiger charge is -2.22. The predicted octanol–water partition coefficient (Wildman–Crippen LogP) is 3.10. The van der Waals surface area contributed by atoms with Crippen molar-refractivity contribution < 1.29 is 17.6 Å². The molecule has 13 heteroatoms. The third kappa shape index (κ3) is 4.61. The molecular formula is C23H25FN8O3S. The fourth-order valence-corrected chi connectivity index (χ4v) is 4.40. The van der Waals surface area contributed by atoms with Gasteiger partial charge in [-0.2, -0.15) is 5.10 Å². The molecule has 4 aromatic rings. The van der Waals surface area contributed by atoms with Gasteiger partial charge < -0.3 is 15.6 Å². The third-order valence-electron chi connectivity index (χ3n) is 6.01. The molecule has 3 heterocycles. The molecule has 1 aliphatic rings. The zero-order valence-corrected chi connectivity index (χ0v) is 20.9. The number of fused-ring (bicyclic) bond motifs is 1. The Morgan fingerprint density at radius 3 is 2.61 bits per heavy atom. The second-order valence-electron chi connectivity index (χ2n) is 8.91. The van der Waals surface area contributed by atoms with Gasteiger partial charge in [0.25, 0.3) is 0 Å². The van der Waals surface area contributed by atoms with Crippen molar-refractivity contribution in [1.29, 1.82) is 0 Å². The van der Waals surface area contributed by atoms with E-state index < -0.39 is 28.0 Å². The molecule has 0 saturated heterocycles. The number of carbonyl (C=O) groups excluding carboxylic acids is 1. The van der Waals surface area contributed by atoms with Crippen LogP contribution in [0.25, 0.3) is 22.3 Å². The second-order valence-corrected chi connectivity index (χ2v) is 10.9. The standard InChI is InChI=1S/C23H25FN8O3S/c1-12-26-21-18(9-20(29-22(21)27-12)30-23(33)15-8-16(15)24)28-17-6-5-13(14-10-25-31(2)11-14)7-19(17)32(3)36(4,34)35/h5-7,9-11,15-16H,8H2,1-4H3,(H3,26,27,28,29,30,33)/t15-,16-/m0/s1. The highest BCUT2D eigenvalue weighted by molar-refractivity contribution is 7.92. The van der Waals surface area contributed by atoms with Crippen LogP contribution in [0.4, 0.5) is 27.3 Å². The van der Waals surface area contributed by atoms with E-state index in [0.717, 1.165) is 17.4 Å². The molecule has 1 aromatic carbocycles. The van der Waals surface area contributed by atoms with E-state index in [1.165, 1.54) is 11.4 Å². The van der Waals surface area contributed by atoms with E-state index >= 15 is 0 Å². The van der Waals surface area contributed by atoms with E-state index in [0.29, 0.717) is 34.1 Å². The molecule has 188 valence electrons. The number of H-pyrrole nitrogens is 1. The number of carbonyl (C=O) groups is 1. The zero-order chi connectivity index (χ0) is 25.8. The Morgan fingerprint density at radius 1 is 1.22 bits per heavy atom. The molecule has 0 unspecified atom stereocenters. The van der Waals surface area contributed by atoms with Crippen LogP contribution < -0.4 is 14.9 Å². The molecule has 2 atom stereocenters. The fraction of sp³-hybridized carbons (Fsp3) is 0.304. The van der Waals surface area contributed by atoms with Crippen molar-refractivity contribution in [1.82, 2.24) is 24.7 Å². The average Bonchev–Trinajstić information content (AvgIpc) is 3.18. The van der Waals surface area contributed by atoms with Gasteiger partial charge >= 0.3 is 0 Å². The van der Waals surface area contributed by atoms with Gasteiger partial charge in [0.1, 0.15) is 23.3 Å². The number of pyridine rings is 1. The van der Waals surface area contributed by atoms with E-state index in [-0.39, 0.29) is 12.2 Å². The Kier molecular flexibility index (Phi) is 5.66. The first-order valence-corrected chi connectivity index (χ1v) is 13.0. The fourth-order valence-electron chi connectivity index (χ4n) is 3.89. The van der Waals surface area contributed by atoms with Gasteiger partial charge in [-0.3, -0.25) is 13.8 Å². The normalized spacial score (nSPS) is 17.2. The number of benzene rings is 1. The van der Waals surface area contributed by atoms with Crippen LogP contribution in [0, 0.1) is 12.8 Å². The minimum absolute atomic E-state index is 0.201. The van der Waals surface area contributed by atoms with Crippen molar-refractivity contribution in [3.63, 3.8) is 0 Å². The minimum Gasteiger partial charge on any atom is -0.352 e. The Hall–Kier alpha value is -4.00. The monoisotopic (exact) mass is 512 g/mol. The largest absolute Gasteiger partial charge is 0.352 e. The summed E-state index contributed by atoms with van der Waals surface area (Å²) in [7, 11) is -0.316. The SMILES string of the molecule is Cc1nc2c(Nc3ccc(-c4cnn(C)c4)cc3N(C)S(C)(=O)=O)cc(NC(=O)[C@H]3C[C@@H]3F)nc2[nH]1. The van der Waals surface area contributed by atoms with Crippen molar-refractivity contribution in [2.45, 2.75) is 19.5 Å². The Morgan fingerprint density at radius 2 is 1.97 bits per heavy atom.